The molecule has 0 N–H and O–H groups in total. The molecule has 4 rings (SSSR count). The zero-order valence-electron chi connectivity index (χ0n) is 17.2. The van der Waals surface area contributed by atoms with E-state index in [4.69, 9.17) is 18.9 Å². The SMILES string of the molecule is COC(=O)c1ccc(OC2c3ccccc3OCC2C(=O)c2cccc(OC)c2)cc1. The fourth-order valence-corrected chi connectivity index (χ4v) is 3.61. The molecule has 6 heteroatoms. The average molecular weight is 418 g/mol. The lowest BCUT2D eigenvalue weighted by Gasteiger charge is -2.33. The molecule has 1 aliphatic rings. The van der Waals surface area contributed by atoms with Crippen LogP contribution in [0.1, 0.15) is 32.4 Å². The summed E-state index contributed by atoms with van der Waals surface area (Å²) in [6.45, 7) is 0.192. The Hall–Kier alpha value is -3.80. The molecule has 0 saturated heterocycles. The molecule has 0 amide bonds. The number of methoxy groups -OCH3 is 2. The number of hydrogen-bond donors (Lipinski definition) is 0. The first-order chi connectivity index (χ1) is 15.1. The van der Waals surface area contributed by atoms with E-state index >= 15 is 0 Å². The smallest absolute Gasteiger partial charge is 0.337 e. The minimum atomic E-state index is -0.553. The number of carbonyl (C=O) groups is 2. The quantitative estimate of drug-likeness (QED) is 0.434. The third-order valence-electron chi connectivity index (χ3n) is 5.24. The van der Waals surface area contributed by atoms with Gasteiger partial charge in [0.05, 0.1) is 25.7 Å². The molecule has 0 radical (unpaired) electrons. The summed E-state index contributed by atoms with van der Waals surface area (Å²) in [6, 6.07) is 21.2. The van der Waals surface area contributed by atoms with Crippen molar-refractivity contribution in [3.05, 3.63) is 89.5 Å². The number of hydrogen-bond acceptors (Lipinski definition) is 6. The maximum Gasteiger partial charge on any atom is 0.337 e. The Kier molecular flexibility index (Phi) is 5.89. The number of ether oxygens (including phenoxy) is 4. The van der Waals surface area contributed by atoms with Crippen LogP contribution in [-0.4, -0.2) is 32.6 Å². The van der Waals surface area contributed by atoms with Gasteiger partial charge in [0.1, 0.15) is 30.0 Å². The highest BCUT2D eigenvalue weighted by Gasteiger charge is 2.38. The molecule has 3 aromatic carbocycles. The summed E-state index contributed by atoms with van der Waals surface area (Å²) in [5.74, 6) is 0.769. The summed E-state index contributed by atoms with van der Waals surface area (Å²) >= 11 is 0. The maximum atomic E-state index is 13.4. The second-order valence-electron chi connectivity index (χ2n) is 7.11. The minimum Gasteiger partial charge on any atom is -0.497 e. The molecule has 0 spiro atoms. The molecule has 6 nitrogen and oxygen atoms in total. The predicted molar refractivity (Wildman–Crippen MR) is 114 cm³/mol. The van der Waals surface area contributed by atoms with Gasteiger partial charge in [0.25, 0.3) is 0 Å². The van der Waals surface area contributed by atoms with Crippen LogP contribution in [0.25, 0.3) is 0 Å². The van der Waals surface area contributed by atoms with Gasteiger partial charge in [-0.15, -0.1) is 0 Å². The van der Waals surface area contributed by atoms with Crippen LogP contribution in [0.2, 0.25) is 0 Å². The molecule has 0 saturated carbocycles. The van der Waals surface area contributed by atoms with E-state index in [-0.39, 0.29) is 12.4 Å². The van der Waals surface area contributed by atoms with Crippen LogP contribution in [0.5, 0.6) is 17.2 Å². The summed E-state index contributed by atoms with van der Waals surface area (Å²) in [4.78, 5) is 25.1. The molecule has 0 fully saturated rings. The molecule has 1 aliphatic heterocycles. The standard InChI is InChI=1S/C25H22O6/c1-28-19-7-5-6-17(14-19)23(26)21-15-30-22-9-4-3-8-20(22)24(21)31-18-12-10-16(11-13-18)25(27)29-2/h3-14,21,24H,15H2,1-2H3. The first-order valence-corrected chi connectivity index (χ1v) is 9.85. The van der Waals surface area contributed by atoms with E-state index in [1.54, 1.807) is 55.6 Å². The van der Waals surface area contributed by atoms with Crippen molar-refractivity contribution in [3.63, 3.8) is 0 Å². The molecule has 2 unspecified atom stereocenters. The van der Waals surface area contributed by atoms with E-state index in [0.29, 0.717) is 28.4 Å². The van der Waals surface area contributed by atoms with Crippen molar-refractivity contribution in [2.45, 2.75) is 6.10 Å². The van der Waals surface area contributed by atoms with Crippen molar-refractivity contribution in [1.82, 2.24) is 0 Å². The van der Waals surface area contributed by atoms with E-state index in [0.717, 1.165) is 5.56 Å². The molecule has 0 bridgehead atoms. The molecule has 2 atom stereocenters. The number of rotatable bonds is 6. The third-order valence-corrected chi connectivity index (χ3v) is 5.24. The zero-order valence-corrected chi connectivity index (χ0v) is 17.2. The van der Waals surface area contributed by atoms with Crippen LogP contribution in [0, 0.1) is 5.92 Å². The molecule has 0 aromatic heterocycles. The van der Waals surface area contributed by atoms with Gasteiger partial charge in [-0.2, -0.15) is 0 Å². The monoisotopic (exact) mass is 418 g/mol. The molecule has 0 aliphatic carbocycles. The molecule has 3 aromatic rings. The number of fused-ring (bicyclic) bond motifs is 1. The summed E-state index contributed by atoms with van der Waals surface area (Å²) in [6.07, 6.45) is -0.548. The lowest BCUT2D eigenvalue weighted by atomic mass is 9.87. The second kappa shape index (κ2) is 8.92. The van der Waals surface area contributed by atoms with Crippen molar-refractivity contribution >= 4 is 11.8 Å². The Labute approximate surface area is 180 Å². The molecule has 1 heterocycles. The highest BCUT2D eigenvalue weighted by atomic mass is 16.5. The predicted octanol–water partition coefficient (Wildman–Crippen LogP) is 4.49. The highest BCUT2D eigenvalue weighted by molar-refractivity contribution is 5.99. The van der Waals surface area contributed by atoms with Gasteiger partial charge >= 0.3 is 5.97 Å². The van der Waals surface area contributed by atoms with Crippen molar-refractivity contribution in [2.24, 2.45) is 5.92 Å². The van der Waals surface area contributed by atoms with Crippen LogP contribution in [0.15, 0.2) is 72.8 Å². The molecule has 31 heavy (non-hydrogen) atoms. The lowest BCUT2D eigenvalue weighted by Crippen LogP contribution is -2.35. The topological polar surface area (TPSA) is 71.1 Å². The minimum absolute atomic E-state index is 0.0930. The lowest BCUT2D eigenvalue weighted by molar-refractivity contribution is 0.0517. The number of para-hydroxylation sites is 1. The Balaban J connectivity index is 1.66. The van der Waals surface area contributed by atoms with Crippen molar-refractivity contribution in [2.75, 3.05) is 20.8 Å². The maximum absolute atomic E-state index is 13.4. The van der Waals surface area contributed by atoms with Crippen molar-refractivity contribution in [1.29, 1.82) is 0 Å². The largest absolute Gasteiger partial charge is 0.497 e. The van der Waals surface area contributed by atoms with Crippen LogP contribution in [-0.2, 0) is 4.74 Å². The van der Waals surface area contributed by atoms with Gasteiger partial charge in [-0.25, -0.2) is 4.79 Å². The fraction of sp³-hybridized carbons (Fsp3) is 0.200. The van der Waals surface area contributed by atoms with E-state index in [1.165, 1.54) is 7.11 Å². The van der Waals surface area contributed by atoms with Crippen LogP contribution < -0.4 is 14.2 Å². The van der Waals surface area contributed by atoms with Crippen molar-refractivity contribution < 1.29 is 28.5 Å². The molecule has 158 valence electrons. The summed E-state index contributed by atoms with van der Waals surface area (Å²) in [7, 11) is 2.90. The number of ketones is 1. The number of esters is 1. The number of benzene rings is 3. The van der Waals surface area contributed by atoms with Gasteiger partial charge in [-0.05, 0) is 42.5 Å². The summed E-state index contributed by atoms with van der Waals surface area (Å²) in [5, 5.41) is 0. The van der Waals surface area contributed by atoms with Gasteiger partial charge in [-0.1, -0.05) is 30.3 Å². The van der Waals surface area contributed by atoms with Crippen LogP contribution in [0.3, 0.4) is 0 Å². The van der Waals surface area contributed by atoms with E-state index < -0.39 is 18.0 Å². The molecular formula is C25H22O6. The average Bonchev–Trinajstić information content (AvgIpc) is 2.83. The van der Waals surface area contributed by atoms with Gasteiger partial charge < -0.3 is 18.9 Å². The summed E-state index contributed by atoms with van der Waals surface area (Å²) in [5.41, 5.74) is 1.75. The Morgan fingerprint density at radius 2 is 1.65 bits per heavy atom. The zero-order chi connectivity index (χ0) is 21.8. The Morgan fingerprint density at radius 1 is 0.871 bits per heavy atom. The first-order valence-electron chi connectivity index (χ1n) is 9.85. The van der Waals surface area contributed by atoms with E-state index in [2.05, 4.69) is 0 Å². The Morgan fingerprint density at radius 3 is 2.39 bits per heavy atom. The van der Waals surface area contributed by atoms with E-state index in [1.807, 2.05) is 24.3 Å². The van der Waals surface area contributed by atoms with Crippen molar-refractivity contribution in [3.8, 4) is 17.2 Å². The summed E-state index contributed by atoms with van der Waals surface area (Å²) < 4.78 is 22.1. The van der Waals surface area contributed by atoms with Crippen LogP contribution >= 0.6 is 0 Å². The normalized spacial score (nSPS) is 17.1. The highest BCUT2D eigenvalue weighted by Crippen LogP contribution is 2.40. The number of Topliss-reactive ketones (excluding diaryl/α,β-unsaturated/α-hetero) is 1. The van der Waals surface area contributed by atoms with Gasteiger partial charge in [0.2, 0.25) is 0 Å². The van der Waals surface area contributed by atoms with Gasteiger partial charge in [-0.3, -0.25) is 4.79 Å². The third kappa shape index (κ3) is 4.23. The fourth-order valence-electron chi connectivity index (χ4n) is 3.61. The van der Waals surface area contributed by atoms with Gasteiger partial charge in [0, 0.05) is 11.1 Å². The van der Waals surface area contributed by atoms with Crippen LogP contribution in [0.4, 0.5) is 0 Å². The molecular weight excluding hydrogens is 396 g/mol. The first kappa shape index (κ1) is 20.5. The van der Waals surface area contributed by atoms with Gasteiger partial charge in [0.15, 0.2) is 5.78 Å². The number of carbonyl (C=O) groups excluding carboxylic acids is 2. The van der Waals surface area contributed by atoms with E-state index in [9.17, 15) is 9.59 Å². The second-order valence-corrected chi connectivity index (χ2v) is 7.11. The Bertz CT molecular complexity index is 1090.